The molecule has 0 aliphatic rings. The van der Waals surface area contributed by atoms with Crippen LogP contribution in [0.3, 0.4) is 0 Å². The zero-order valence-electron chi connectivity index (χ0n) is 30.2. The van der Waals surface area contributed by atoms with Crippen LogP contribution in [0.15, 0.2) is 0 Å². The van der Waals surface area contributed by atoms with Gasteiger partial charge in [0.25, 0.3) is 0 Å². The molecule has 0 saturated carbocycles. The summed E-state index contributed by atoms with van der Waals surface area (Å²) in [5.74, 6) is -0.194. The van der Waals surface area contributed by atoms with E-state index in [1.54, 1.807) is 0 Å². The van der Waals surface area contributed by atoms with E-state index in [4.69, 9.17) is 9.47 Å². The standard InChI is InChI=1S/C40H80O4/c1-3-5-7-9-11-13-15-16-17-18-19-20-21-22-23-24-25-27-29-31-33-35-40(42)44-39(37-41)38-43-36-34-32-30-28-26-14-12-10-8-6-4-2/h39,41H,3-38H2,1-2H3. The molecule has 0 aromatic carbocycles. The Hall–Kier alpha value is -0.610. The van der Waals surface area contributed by atoms with Crippen LogP contribution in [0.4, 0.5) is 0 Å². The summed E-state index contributed by atoms with van der Waals surface area (Å²) in [4.78, 5) is 12.2. The van der Waals surface area contributed by atoms with Gasteiger partial charge in [0.05, 0.1) is 13.2 Å². The van der Waals surface area contributed by atoms with Gasteiger partial charge in [-0.05, 0) is 12.8 Å². The van der Waals surface area contributed by atoms with E-state index in [-0.39, 0.29) is 12.6 Å². The molecule has 0 aliphatic carbocycles. The molecule has 0 saturated heterocycles. The molecular formula is C40H80O4. The van der Waals surface area contributed by atoms with Crippen molar-refractivity contribution in [1.82, 2.24) is 0 Å². The van der Waals surface area contributed by atoms with E-state index in [2.05, 4.69) is 13.8 Å². The summed E-state index contributed by atoms with van der Waals surface area (Å²) in [6.07, 6.45) is 43.0. The van der Waals surface area contributed by atoms with Crippen LogP contribution in [0, 0.1) is 0 Å². The molecule has 0 radical (unpaired) electrons. The monoisotopic (exact) mass is 625 g/mol. The first-order chi connectivity index (χ1) is 21.7. The van der Waals surface area contributed by atoms with Gasteiger partial charge in [0, 0.05) is 13.0 Å². The van der Waals surface area contributed by atoms with Gasteiger partial charge in [0.15, 0.2) is 0 Å². The number of esters is 1. The Labute approximate surface area is 276 Å². The van der Waals surface area contributed by atoms with Gasteiger partial charge >= 0.3 is 5.97 Å². The summed E-state index contributed by atoms with van der Waals surface area (Å²) in [5, 5.41) is 9.56. The number of aliphatic hydroxyl groups is 1. The second-order valence-corrected chi connectivity index (χ2v) is 13.7. The highest BCUT2D eigenvalue weighted by Gasteiger charge is 2.13. The molecule has 1 atom stereocenters. The Balaban J connectivity index is 3.34. The molecule has 4 nitrogen and oxygen atoms in total. The van der Waals surface area contributed by atoms with Crippen LogP contribution < -0.4 is 0 Å². The third-order valence-corrected chi connectivity index (χ3v) is 9.18. The number of hydrogen-bond donors (Lipinski definition) is 1. The van der Waals surface area contributed by atoms with Crippen LogP contribution in [-0.4, -0.2) is 37.0 Å². The first-order valence-electron chi connectivity index (χ1n) is 20.1. The first-order valence-corrected chi connectivity index (χ1v) is 20.1. The summed E-state index contributed by atoms with van der Waals surface area (Å²) < 4.78 is 11.1. The van der Waals surface area contributed by atoms with Crippen LogP contribution in [0.25, 0.3) is 0 Å². The summed E-state index contributed by atoms with van der Waals surface area (Å²) >= 11 is 0. The lowest BCUT2D eigenvalue weighted by molar-refractivity contribution is -0.154. The molecule has 0 amide bonds. The minimum atomic E-state index is -0.523. The van der Waals surface area contributed by atoms with Crippen LogP contribution >= 0.6 is 0 Å². The molecule has 0 rings (SSSR count). The normalized spacial score (nSPS) is 12.2. The Morgan fingerprint density at radius 2 is 0.750 bits per heavy atom. The largest absolute Gasteiger partial charge is 0.457 e. The van der Waals surface area contributed by atoms with Crippen LogP contribution in [-0.2, 0) is 14.3 Å². The number of rotatable bonds is 38. The molecule has 44 heavy (non-hydrogen) atoms. The Morgan fingerprint density at radius 3 is 1.07 bits per heavy atom. The molecule has 0 heterocycles. The maximum absolute atomic E-state index is 12.2. The minimum Gasteiger partial charge on any atom is -0.457 e. The van der Waals surface area contributed by atoms with Gasteiger partial charge in [-0.1, -0.05) is 206 Å². The second kappa shape index (κ2) is 38.6. The van der Waals surface area contributed by atoms with Gasteiger partial charge in [0.1, 0.15) is 6.10 Å². The Kier molecular flexibility index (Phi) is 38.0. The molecular weight excluding hydrogens is 544 g/mol. The highest BCUT2D eigenvalue weighted by atomic mass is 16.6. The zero-order chi connectivity index (χ0) is 32.0. The maximum atomic E-state index is 12.2. The van der Waals surface area contributed by atoms with Crippen LogP contribution in [0.5, 0.6) is 0 Å². The summed E-state index contributed by atoms with van der Waals surface area (Å²) in [7, 11) is 0. The van der Waals surface area contributed by atoms with Crippen LogP contribution in [0.2, 0.25) is 0 Å². The van der Waals surface area contributed by atoms with E-state index in [0.29, 0.717) is 19.6 Å². The highest BCUT2D eigenvalue weighted by Crippen LogP contribution is 2.16. The maximum Gasteiger partial charge on any atom is 0.306 e. The number of aliphatic hydroxyl groups excluding tert-OH is 1. The van der Waals surface area contributed by atoms with Gasteiger partial charge in [0.2, 0.25) is 0 Å². The SMILES string of the molecule is CCCCCCCCCCCCCCCCCCCCCCCC(=O)OC(CO)COCCCCCCCCCCCCC. The fraction of sp³-hybridized carbons (Fsp3) is 0.975. The predicted molar refractivity (Wildman–Crippen MR) is 191 cm³/mol. The number of unbranched alkanes of at least 4 members (excludes halogenated alkanes) is 30. The molecule has 0 aromatic rings. The number of carbonyl (C=O) groups is 1. The van der Waals surface area contributed by atoms with Crippen molar-refractivity contribution in [2.24, 2.45) is 0 Å². The van der Waals surface area contributed by atoms with Crippen molar-refractivity contribution in [3.8, 4) is 0 Å². The van der Waals surface area contributed by atoms with E-state index >= 15 is 0 Å². The third-order valence-electron chi connectivity index (χ3n) is 9.18. The average molecular weight is 625 g/mol. The fourth-order valence-corrected chi connectivity index (χ4v) is 6.15. The highest BCUT2D eigenvalue weighted by molar-refractivity contribution is 5.69. The van der Waals surface area contributed by atoms with Crippen LogP contribution in [0.1, 0.15) is 226 Å². The molecule has 1 N–H and O–H groups in total. The number of hydrogen-bond acceptors (Lipinski definition) is 4. The smallest absolute Gasteiger partial charge is 0.306 e. The van der Waals surface area contributed by atoms with Gasteiger partial charge in [-0.3, -0.25) is 4.79 Å². The Bertz CT molecular complexity index is 537. The van der Waals surface area contributed by atoms with Gasteiger partial charge in [-0.2, -0.15) is 0 Å². The van der Waals surface area contributed by atoms with Crippen molar-refractivity contribution in [2.45, 2.75) is 232 Å². The number of ether oxygens (including phenoxy) is 2. The lowest BCUT2D eigenvalue weighted by Crippen LogP contribution is -2.27. The van der Waals surface area contributed by atoms with Gasteiger partial charge in [-0.25, -0.2) is 0 Å². The van der Waals surface area contributed by atoms with E-state index < -0.39 is 6.10 Å². The first kappa shape index (κ1) is 43.4. The topological polar surface area (TPSA) is 55.8 Å². The van der Waals surface area contributed by atoms with Crippen molar-refractivity contribution >= 4 is 5.97 Å². The molecule has 0 aliphatic heterocycles. The summed E-state index contributed by atoms with van der Waals surface area (Å²) in [6.45, 7) is 5.39. The Morgan fingerprint density at radius 1 is 0.455 bits per heavy atom. The van der Waals surface area contributed by atoms with Crippen molar-refractivity contribution in [3.63, 3.8) is 0 Å². The average Bonchev–Trinajstić information content (AvgIpc) is 3.03. The summed E-state index contributed by atoms with van der Waals surface area (Å²) in [6, 6.07) is 0. The molecule has 264 valence electrons. The van der Waals surface area contributed by atoms with Crippen molar-refractivity contribution in [2.75, 3.05) is 19.8 Å². The fourth-order valence-electron chi connectivity index (χ4n) is 6.15. The van der Waals surface area contributed by atoms with Crippen molar-refractivity contribution in [1.29, 1.82) is 0 Å². The molecule has 0 aromatic heterocycles. The predicted octanol–water partition coefficient (Wildman–Crippen LogP) is 12.8. The van der Waals surface area contributed by atoms with Crippen molar-refractivity contribution < 1.29 is 19.4 Å². The van der Waals surface area contributed by atoms with E-state index in [1.165, 1.54) is 186 Å². The lowest BCUT2D eigenvalue weighted by atomic mass is 10.0. The molecule has 0 fully saturated rings. The lowest BCUT2D eigenvalue weighted by Gasteiger charge is -2.16. The second-order valence-electron chi connectivity index (χ2n) is 13.7. The van der Waals surface area contributed by atoms with E-state index in [0.717, 1.165) is 19.3 Å². The molecule has 4 heteroatoms. The molecule has 0 spiro atoms. The van der Waals surface area contributed by atoms with Gasteiger partial charge < -0.3 is 14.6 Å². The van der Waals surface area contributed by atoms with Gasteiger partial charge in [-0.15, -0.1) is 0 Å². The molecule has 1 unspecified atom stereocenters. The van der Waals surface area contributed by atoms with E-state index in [1.807, 2.05) is 0 Å². The minimum absolute atomic E-state index is 0.163. The van der Waals surface area contributed by atoms with Crippen molar-refractivity contribution in [3.05, 3.63) is 0 Å². The summed E-state index contributed by atoms with van der Waals surface area (Å²) in [5.41, 5.74) is 0. The number of carbonyl (C=O) groups excluding carboxylic acids is 1. The third kappa shape index (κ3) is 35.9. The quantitative estimate of drug-likeness (QED) is 0.0548. The molecule has 0 bridgehead atoms. The van der Waals surface area contributed by atoms with E-state index in [9.17, 15) is 9.90 Å². The zero-order valence-corrected chi connectivity index (χ0v) is 30.2.